The third-order valence-corrected chi connectivity index (χ3v) is 5.32. The SMILES string of the molecule is O=C(Nc1ccc([C@H]2OCC(=O)N(Cc3cccnc3)[C@@H]2CO)cc1)c1ccc(F)cc1. The molecule has 2 amide bonds. The minimum absolute atomic E-state index is 0.0928. The molecule has 1 aliphatic rings. The van der Waals surface area contributed by atoms with Gasteiger partial charge in [0.2, 0.25) is 5.91 Å². The van der Waals surface area contributed by atoms with Crippen LogP contribution in [0.25, 0.3) is 0 Å². The van der Waals surface area contributed by atoms with Crippen molar-refractivity contribution in [1.82, 2.24) is 9.88 Å². The summed E-state index contributed by atoms with van der Waals surface area (Å²) in [5, 5.41) is 12.8. The number of aromatic nitrogens is 1. The van der Waals surface area contributed by atoms with Crippen molar-refractivity contribution in [3.8, 4) is 0 Å². The van der Waals surface area contributed by atoms with Crippen LogP contribution in [0.4, 0.5) is 10.1 Å². The Morgan fingerprint density at radius 2 is 1.91 bits per heavy atom. The summed E-state index contributed by atoms with van der Waals surface area (Å²) in [5.74, 6) is -0.964. The van der Waals surface area contributed by atoms with Crippen LogP contribution in [0.1, 0.15) is 27.6 Å². The number of anilines is 1. The topological polar surface area (TPSA) is 91.8 Å². The fourth-order valence-corrected chi connectivity index (χ4v) is 3.67. The Balaban J connectivity index is 1.47. The lowest BCUT2D eigenvalue weighted by Gasteiger charge is -2.40. The van der Waals surface area contributed by atoms with Gasteiger partial charge in [-0.25, -0.2) is 4.39 Å². The lowest BCUT2D eigenvalue weighted by molar-refractivity contribution is -0.162. The van der Waals surface area contributed by atoms with E-state index in [-0.39, 0.29) is 25.0 Å². The number of amides is 2. The molecule has 8 heteroatoms. The summed E-state index contributed by atoms with van der Waals surface area (Å²) < 4.78 is 18.8. The zero-order chi connectivity index (χ0) is 22.5. The van der Waals surface area contributed by atoms with E-state index in [0.29, 0.717) is 17.8 Å². The zero-order valence-corrected chi connectivity index (χ0v) is 17.1. The Bertz CT molecular complexity index is 1070. The molecule has 1 aliphatic heterocycles. The normalized spacial score (nSPS) is 18.4. The highest BCUT2D eigenvalue weighted by molar-refractivity contribution is 6.04. The van der Waals surface area contributed by atoms with E-state index in [1.807, 2.05) is 6.07 Å². The number of carbonyl (C=O) groups excluding carboxylic acids is 2. The third kappa shape index (κ3) is 4.82. The fraction of sp³-hybridized carbons (Fsp3) is 0.208. The number of nitrogens with zero attached hydrogens (tertiary/aromatic N) is 2. The van der Waals surface area contributed by atoms with Gasteiger partial charge in [-0.3, -0.25) is 14.6 Å². The molecule has 2 aromatic carbocycles. The highest BCUT2D eigenvalue weighted by atomic mass is 19.1. The lowest BCUT2D eigenvalue weighted by atomic mass is 9.98. The highest BCUT2D eigenvalue weighted by Gasteiger charge is 2.37. The van der Waals surface area contributed by atoms with E-state index >= 15 is 0 Å². The molecule has 7 nitrogen and oxygen atoms in total. The number of ether oxygens (including phenoxy) is 1. The summed E-state index contributed by atoms with van der Waals surface area (Å²) in [6, 6.07) is 15.4. The van der Waals surface area contributed by atoms with Gasteiger partial charge in [0.1, 0.15) is 18.5 Å². The predicted octanol–water partition coefficient (Wildman–Crippen LogP) is 2.93. The van der Waals surface area contributed by atoms with Crippen LogP contribution in [0.2, 0.25) is 0 Å². The molecule has 0 unspecified atom stereocenters. The summed E-state index contributed by atoms with van der Waals surface area (Å²) in [5.41, 5.74) is 2.53. The molecular formula is C24H22FN3O4. The Morgan fingerprint density at radius 3 is 2.56 bits per heavy atom. The Kier molecular flexibility index (Phi) is 6.53. The summed E-state index contributed by atoms with van der Waals surface area (Å²) in [6.45, 7) is -0.0340. The van der Waals surface area contributed by atoms with Crippen LogP contribution >= 0.6 is 0 Å². The number of morpholine rings is 1. The van der Waals surface area contributed by atoms with Gasteiger partial charge < -0.3 is 20.1 Å². The lowest BCUT2D eigenvalue weighted by Crippen LogP contribution is -2.52. The van der Waals surface area contributed by atoms with E-state index in [9.17, 15) is 19.1 Å². The van der Waals surface area contributed by atoms with Crippen molar-refractivity contribution in [2.24, 2.45) is 0 Å². The quantitative estimate of drug-likeness (QED) is 0.621. The molecule has 0 aliphatic carbocycles. The molecule has 1 aromatic heterocycles. The first-order valence-electron chi connectivity index (χ1n) is 10.1. The largest absolute Gasteiger partial charge is 0.394 e. The second kappa shape index (κ2) is 9.67. The first kappa shape index (κ1) is 21.6. The van der Waals surface area contributed by atoms with Gasteiger partial charge in [0.25, 0.3) is 5.91 Å². The van der Waals surface area contributed by atoms with Crippen molar-refractivity contribution in [3.63, 3.8) is 0 Å². The Hall–Kier alpha value is -3.62. The maximum atomic E-state index is 13.0. The molecule has 1 saturated heterocycles. The molecule has 3 aromatic rings. The summed E-state index contributed by atoms with van der Waals surface area (Å²) in [6.07, 6.45) is 2.83. The van der Waals surface area contributed by atoms with E-state index in [4.69, 9.17) is 4.74 Å². The minimum Gasteiger partial charge on any atom is -0.394 e. The van der Waals surface area contributed by atoms with Crippen molar-refractivity contribution < 1.29 is 23.8 Å². The second-order valence-electron chi connectivity index (χ2n) is 7.45. The van der Waals surface area contributed by atoms with Gasteiger partial charge in [0.05, 0.1) is 12.6 Å². The van der Waals surface area contributed by atoms with Gasteiger partial charge in [-0.15, -0.1) is 0 Å². The average Bonchev–Trinajstić information content (AvgIpc) is 2.82. The maximum Gasteiger partial charge on any atom is 0.255 e. The monoisotopic (exact) mass is 435 g/mol. The van der Waals surface area contributed by atoms with Gasteiger partial charge in [0.15, 0.2) is 0 Å². The number of aliphatic hydroxyl groups is 1. The van der Waals surface area contributed by atoms with E-state index in [1.54, 1.807) is 47.6 Å². The molecule has 1 fully saturated rings. The number of hydrogen-bond acceptors (Lipinski definition) is 5. The summed E-state index contributed by atoms with van der Waals surface area (Å²) in [7, 11) is 0. The molecule has 0 radical (unpaired) electrons. The number of pyridine rings is 1. The highest BCUT2D eigenvalue weighted by Crippen LogP contribution is 2.31. The standard InChI is InChI=1S/C24H22FN3O4/c25-19-7-3-18(4-8-19)24(31)27-20-9-5-17(6-10-20)23-21(14-29)28(22(30)15-32-23)13-16-2-1-11-26-12-16/h1-12,21,23,29H,13-15H2,(H,27,31)/t21-,23-/m1/s1. The number of aliphatic hydroxyl groups excluding tert-OH is 1. The molecule has 2 atom stereocenters. The van der Waals surface area contributed by atoms with Crippen molar-refractivity contribution in [2.45, 2.75) is 18.7 Å². The fourth-order valence-electron chi connectivity index (χ4n) is 3.67. The van der Waals surface area contributed by atoms with Crippen molar-refractivity contribution >= 4 is 17.5 Å². The second-order valence-corrected chi connectivity index (χ2v) is 7.45. The van der Waals surface area contributed by atoms with Crippen LogP contribution in [-0.4, -0.2) is 46.1 Å². The molecule has 0 spiro atoms. The van der Waals surface area contributed by atoms with Crippen molar-refractivity contribution in [3.05, 3.63) is 95.6 Å². The zero-order valence-electron chi connectivity index (χ0n) is 17.1. The minimum atomic E-state index is -0.559. The summed E-state index contributed by atoms with van der Waals surface area (Å²) >= 11 is 0. The molecule has 0 bridgehead atoms. The molecule has 164 valence electrons. The van der Waals surface area contributed by atoms with E-state index < -0.39 is 18.0 Å². The van der Waals surface area contributed by atoms with Crippen LogP contribution < -0.4 is 5.32 Å². The van der Waals surface area contributed by atoms with Crippen molar-refractivity contribution in [1.29, 1.82) is 0 Å². The number of benzene rings is 2. The van der Waals surface area contributed by atoms with Gasteiger partial charge in [0, 0.05) is 30.2 Å². The van der Waals surface area contributed by atoms with Crippen LogP contribution in [0.3, 0.4) is 0 Å². The molecule has 2 heterocycles. The van der Waals surface area contributed by atoms with Gasteiger partial charge in [-0.1, -0.05) is 18.2 Å². The third-order valence-electron chi connectivity index (χ3n) is 5.32. The molecule has 2 N–H and O–H groups in total. The number of halogens is 1. The first-order valence-corrected chi connectivity index (χ1v) is 10.1. The van der Waals surface area contributed by atoms with Crippen LogP contribution in [0, 0.1) is 5.82 Å². The van der Waals surface area contributed by atoms with Crippen LogP contribution in [0.5, 0.6) is 0 Å². The number of hydrogen-bond donors (Lipinski definition) is 2. The molecule has 4 rings (SSSR count). The number of nitrogens with one attached hydrogen (secondary N) is 1. The van der Waals surface area contributed by atoms with E-state index in [0.717, 1.165) is 11.1 Å². The predicted molar refractivity (Wildman–Crippen MR) is 115 cm³/mol. The Morgan fingerprint density at radius 1 is 1.16 bits per heavy atom. The summed E-state index contributed by atoms with van der Waals surface area (Å²) in [4.78, 5) is 30.5. The molecular weight excluding hydrogens is 413 g/mol. The number of rotatable bonds is 6. The first-order chi connectivity index (χ1) is 15.5. The Labute approximate surface area is 184 Å². The smallest absolute Gasteiger partial charge is 0.255 e. The van der Waals surface area contributed by atoms with Gasteiger partial charge in [-0.2, -0.15) is 0 Å². The van der Waals surface area contributed by atoms with Crippen LogP contribution in [0.15, 0.2) is 73.1 Å². The van der Waals surface area contributed by atoms with Crippen molar-refractivity contribution in [2.75, 3.05) is 18.5 Å². The van der Waals surface area contributed by atoms with E-state index in [2.05, 4.69) is 10.3 Å². The maximum absolute atomic E-state index is 13.0. The van der Waals surface area contributed by atoms with Crippen LogP contribution in [-0.2, 0) is 16.1 Å². The molecule has 32 heavy (non-hydrogen) atoms. The average molecular weight is 435 g/mol. The van der Waals surface area contributed by atoms with Gasteiger partial charge >= 0.3 is 0 Å². The van der Waals surface area contributed by atoms with E-state index in [1.165, 1.54) is 24.3 Å². The van der Waals surface area contributed by atoms with Gasteiger partial charge in [-0.05, 0) is 53.6 Å². The number of carbonyl (C=O) groups is 2. The molecule has 0 saturated carbocycles.